The van der Waals surface area contributed by atoms with Crippen LogP contribution in [-0.2, 0) is 6.54 Å². The highest BCUT2D eigenvalue weighted by atomic mass is 35.5. The van der Waals surface area contributed by atoms with Crippen LogP contribution < -0.4 is 14.8 Å². The maximum Gasteiger partial charge on any atom is 0.253 e. The second kappa shape index (κ2) is 7.28. The van der Waals surface area contributed by atoms with Gasteiger partial charge in [0, 0.05) is 18.2 Å². The Morgan fingerprint density at radius 2 is 1.83 bits per heavy atom. The summed E-state index contributed by atoms with van der Waals surface area (Å²) in [6, 6.07) is 6.64. The number of hydrogen-bond donors (Lipinski definition) is 1. The zero-order chi connectivity index (χ0) is 17.0. The number of carbonyl (C=O) groups excluding carboxylic acids is 1. The van der Waals surface area contributed by atoms with Crippen molar-refractivity contribution in [2.75, 3.05) is 14.2 Å². The van der Waals surface area contributed by atoms with E-state index in [-0.39, 0.29) is 17.1 Å². The maximum atomic E-state index is 13.2. The molecule has 1 N–H and O–H groups in total. The number of carbonyl (C=O) groups is 1. The number of amides is 1. The van der Waals surface area contributed by atoms with Gasteiger partial charge >= 0.3 is 0 Å². The van der Waals surface area contributed by atoms with Crippen molar-refractivity contribution in [3.8, 4) is 11.5 Å². The van der Waals surface area contributed by atoms with E-state index < -0.39 is 17.5 Å². The normalized spacial score (nSPS) is 10.3. The molecule has 1 amide bonds. The number of ether oxygens (including phenoxy) is 2. The molecule has 0 fully saturated rings. The number of benzene rings is 2. The Bertz CT molecular complexity index is 738. The van der Waals surface area contributed by atoms with Crippen molar-refractivity contribution in [3.63, 3.8) is 0 Å². The van der Waals surface area contributed by atoms with Crippen LogP contribution in [0.5, 0.6) is 11.5 Å². The third kappa shape index (κ3) is 3.90. The molecule has 2 aromatic carbocycles. The van der Waals surface area contributed by atoms with Crippen LogP contribution >= 0.6 is 11.6 Å². The van der Waals surface area contributed by atoms with Gasteiger partial charge in [0.1, 0.15) is 11.5 Å². The SMILES string of the molecule is COc1ccc(CNC(=O)c2cc(F)c(F)cc2Cl)c(OC)c1. The van der Waals surface area contributed by atoms with Crippen molar-refractivity contribution in [1.82, 2.24) is 5.32 Å². The average Bonchev–Trinajstić information content (AvgIpc) is 2.55. The molecule has 0 heterocycles. The van der Waals surface area contributed by atoms with Crippen LogP contribution in [-0.4, -0.2) is 20.1 Å². The molecule has 0 unspecified atom stereocenters. The van der Waals surface area contributed by atoms with Gasteiger partial charge in [0.15, 0.2) is 11.6 Å². The summed E-state index contributed by atoms with van der Waals surface area (Å²) in [7, 11) is 3.02. The molecule has 0 saturated heterocycles. The standard InChI is InChI=1S/C16H14ClF2NO3/c1-22-10-4-3-9(15(5-10)23-2)8-20-16(21)11-6-13(18)14(19)7-12(11)17/h3-7H,8H2,1-2H3,(H,20,21). The minimum absolute atomic E-state index is 0.126. The topological polar surface area (TPSA) is 47.6 Å². The molecule has 0 radical (unpaired) electrons. The Labute approximate surface area is 137 Å². The van der Waals surface area contributed by atoms with Gasteiger partial charge in [0.05, 0.1) is 24.8 Å². The number of nitrogens with one attached hydrogen (secondary N) is 1. The third-order valence-electron chi connectivity index (χ3n) is 3.19. The summed E-state index contributed by atoms with van der Waals surface area (Å²) < 4.78 is 36.6. The van der Waals surface area contributed by atoms with Gasteiger partial charge in [-0.1, -0.05) is 11.6 Å². The number of methoxy groups -OCH3 is 2. The van der Waals surface area contributed by atoms with Crippen molar-refractivity contribution in [1.29, 1.82) is 0 Å². The first-order chi connectivity index (χ1) is 11.0. The van der Waals surface area contributed by atoms with Gasteiger partial charge in [-0.15, -0.1) is 0 Å². The smallest absolute Gasteiger partial charge is 0.253 e. The fraction of sp³-hybridized carbons (Fsp3) is 0.188. The van der Waals surface area contributed by atoms with Crippen molar-refractivity contribution in [2.45, 2.75) is 6.54 Å². The Hall–Kier alpha value is -2.34. The fourth-order valence-electron chi connectivity index (χ4n) is 1.97. The average molecular weight is 342 g/mol. The second-order valence-corrected chi connectivity index (χ2v) is 5.01. The molecule has 4 nitrogen and oxygen atoms in total. The molecule has 0 spiro atoms. The fourth-order valence-corrected chi connectivity index (χ4v) is 2.20. The predicted octanol–water partition coefficient (Wildman–Crippen LogP) is 3.57. The van der Waals surface area contributed by atoms with Crippen LogP contribution in [0, 0.1) is 11.6 Å². The number of halogens is 3. The molecular formula is C16H14ClF2NO3. The van der Waals surface area contributed by atoms with E-state index in [1.807, 2.05) is 0 Å². The van der Waals surface area contributed by atoms with Crippen LogP contribution in [0.4, 0.5) is 8.78 Å². The molecule has 23 heavy (non-hydrogen) atoms. The van der Waals surface area contributed by atoms with Gasteiger partial charge in [0.25, 0.3) is 5.91 Å². The van der Waals surface area contributed by atoms with Gasteiger partial charge in [-0.25, -0.2) is 8.78 Å². The van der Waals surface area contributed by atoms with E-state index in [2.05, 4.69) is 5.32 Å². The lowest BCUT2D eigenvalue weighted by Crippen LogP contribution is -2.23. The van der Waals surface area contributed by atoms with Gasteiger partial charge < -0.3 is 14.8 Å². The Morgan fingerprint density at radius 1 is 1.13 bits per heavy atom. The highest BCUT2D eigenvalue weighted by Crippen LogP contribution is 2.25. The Balaban J connectivity index is 2.15. The number of rotatable bonds is 5. The van der Waals surface area contributed by atoms with Gasteiger partial charge in [-0.3, -0.25) is 4.79 Å². The predicted molar refractivity (Wildman–Crippen MR) is 82.1 cm³/mol. The largest absolute Gasteiger partial charge is 0.497 e. The molecule has 0 aliphatic carbocycles. The van der Waals surface area contributed by atoms with E-state index in [0.29, 0.717) is 17.1 Å². The van der Waals surface area contributed by atoms with Crippen molar-refractivity contribution in [3.05, 3.63) is 58.1 Å². The van der Waals surface area contributed by atoms with E-state index >= 15 is 0 Å². The summed E-state index contributed by atoms with van der Waals surface area (Å²) in [6.45, 7) is 0.126. The Kier molecular flexibility index (Phi) is 5.39. The van der Waals surface area contributed by atoms with Gasteiger partial charge in [-0.2, -0.15) is 0 Å². The van der Waals surface area contributed by atoms with Gasteiger partial charge in [-0.05, 0) is 24.3 Å². The van der Waals surface area contributed by atoms with E-state index in [0.717, 1.165) is 12.1 Å². The van der Waals surface area contributed by atoms with Crippen LogP contribution in [0.3, 0.4) is 0 Å². The lowest BCUT2D eigenvalue weighted by Gasteiger charge is -2.12. The first kappa shape index (κ1) is 17.0. The molecular weight excluding hydrogens is 328 g/mol. The molecule has 0 aliphatic rings. The van der Waals surface area contributed by atoms with Crippen molar-refractivity contribution in [2.24, 2.45) is 0 Å². The second-order valence-electron chi connectivity index (χ2n) is 4.61. The van der Waals surface area contributed by atoms with Crippen molar-refractivity contribution >= 4 is 17.5 Å². The number of hydrogen-bond acceptors (Lipinski definition) is 3. The molecule has 7 heteroatoms. The Morgan fingerprint density at radius 3 is 2.48 bits per heavy atom. The third-order valence-corrected chi connectivity index (χ3v) is 3.50. The minimum Gasteiger partial charge on any atom is -0.497 e. The summed E-state index contributed by atoms with van der Waals surface area (Å²) in [5, 5.41) is 2.42. The lowest BCUT2D eigenvalue weighted by molar-refractivity contribution is 0.0950. The van der Waals surface area contributed by atoms with Gasteiger partial charge in [0.2, 0.25) is 0 Å². The maximum absolute atomic E-state index is 13.2. The summed E-state index contributed by atoms with van der Waals surface area (Å²) in [5.74, 6) is -1.72. The molecule has 0 aliphatic heterocycles. The summed E-state index contributed by atoms with van der Waals surface area (Å²) in [6.07, 6.45) is 0. The highest BCUT2D eigenvalue weighted by molar-refractivity contribution is 6.33. The van der Waals surface area contributed by atoms with E-state index in [1.54, 1.807) is 18.2 Å². The molecule has 2 aromatic rings. The van der Waals surface area contributed by atoms with Crippen LogP contribution in [0.2, 0.25) is 5.02 Å². The quantitative estimate of drug-likeness (QED) is 0.846. The zero-order valence-corrected chi connectivity index (χ0v) is 13.2. The van der Waals surface area contributed by atoms with Crippen molar-refractivity contribution < 1.29 is 23.0 Å². The monoisotopic (exact) mass is 341 g/mol. The lowest BCUT2D eigenvalue weighted by atomic mass is 10.1. The van der Waals surface area contributed by atoms with E-state index in [1.165, 1.54) is 14.2 Å². The molecule has 0 atom stereocenters. The molecule has 0 aromatic heterocycles. The molecule has 2 rings (SSSR count). The summed E-state index contributed by atoms with van der Waals surface area (Å²) in [4.78, 5) is 12.1. The molecule has 122 valence electrons. The minimum atomic E-state index is -1.14. The van der Waals surface area contributed by atoms with E-state index in [4.69, 9.17) is 21.1 Å². The first-order valence-corrected chi connectivity index (χ1v) is 6.97. The molecule has 0 saturated carbocycles. The first-order valence-electron chi connectivity index (χ1n) is 6.60. The summed E-state index contributed by atoms with van der Waals surface area (Å²) >= 11 is 5.77. The zero-order valence-electron chi connectivity index (χ0n) is 12.5. The van der Waals surface area contributed by atoms with Crippen LogP contribution in [0.25, 0.3) is 0 Å². The highest BCUT2D eigenvalue weighted by Gasteiger charge is 2.15. The molecule has 0 bridgehead atoms. The van der Waals surface area contributed by atoms with Crippen LogP contribution in [0.15, 0.2) is 30.3 Å². The summed E-state index contributed by atoms with van der Waals surface area (Å²) in [5.41, 5.74) is 0.554. The van der Waals surface area contributed by atoms with Crippen LogP contribution in [0.1, 0.15) is 15.9 Å². The van der Waals surface area contributed by atoms with E-state index in [9.17, 15) is 13.6 Å².